The van der Waals surface area contributed by atoms with E-state index >= 15 is 0 Å². The van der Waals surface area contributed by atoms with Gasteiger partial charge in [0.15, 0.2) is 0 Å². The van der Waals surface area contributed by atoms with Crippen molar-refractivity contribution in [1.29, 1.82) is 5.41 Å². The molecule has 1 aromatic carbocycles. The Kier molecular flexibility index (Phi) is 3.25. The SMILES string of the molecule is CC(C)(O)CNc1ccccc1C=N. The van der Waals surface area contributed by atoms with Crippen LogP contribution in [0.1, 0.15) is 19.4 Å². The molecule has 0 atom stereocenters. The molecule has 0 aliphatic heterocycles. The van der Waals surface area contributed by atoms with Gasteiger partial charge in [0.05, 0.1) is 5.60 Å². The van der Waals surface area contributed by atoms with Gasteiger partial charge in [-0.05, 0) is 19.9 Å². The summed E-state index contributed by atoms with van der Waals surface area (Å²) in [6.45, 7) is 3.96. The van der Waals surface area contributed by atoms with E-state index in [2.05, 4.69) is 5.32 Å². The lowest BCUT2D eigenvalue weighted by molar-refractivity contribution is 0.0945. The van der Waals surface area contributed by atoms with Crippen molar-refractivity contribution >= 4 is 11.9 Å². The molecule has 0 fully saturated rings. The summed E-state index contributed by atoms with van der Waals surface area (Å²) in [4.78, 5) is 0. The molecule has 0 radical (unpaired) electrons. The summed E-state index contributed by atoms with van der Waals surface area (Å²) in [5, 5.41) is 19.8. The van der Waals surface area contributed by atoms with Crippen molar-refractivity contribution in [2.24, 2.45) is 0 Å². The average molecular weight is 192 g/mol. The minimum absolute atomic E-state index is 0.470. The number of anilines is 1. The van der Waals surface area contributed by atoms with E-state index in [9.17, 15) is 5.11 Å². The highest BCUT2D eigenvalue weighted by molar-refractivity contribution is 5.85. The molecule has 14 heavy (non-hydrogen) atoms. The number of hydrogen-bond acceptors (Lipinski definition) is 3. The zero-order chi connectivity index (χ0) is 10.6. The lowest BCUT2D eigenvalue weighted by atomic mass is 10.1. The van der Waals surface area contributed by atoms with Crippen molar-refractivity contribution in [2.45, 2.75) is 19.4 Å². The maximum Gasteiger partial charge on any atom is 0.0763 e. The van der Waals surface area contributed by atoms with Crippen molar-refractivity contribution < 1.29 is 5.11 Å². The van der Waals surface area contributed by atoms with Crippen LogP contribution in [0, 0.1) is 5.41 Å². The number of para-hydroxylation sites is 1. The van der Waals surface area contributed by atoms with E-state index in [4.69, 9.17) is 5.41 Å². The van der Waals surface area contributed by atoms with E-state index < -0.39 is 5.60 Å². The van der Waals surface area contributed by atoms with Gasteiger partial charge in [-0.2, -0.15) is 0 Å². The second kappa shape index (κ2) is 4.24. The molecule has 3 heteroatoms. The molecule has 0 aliphatic carbocycles. The Hall–Kier alpha value is -1.35. The fraction of sp³-hybridized carbons (Fsp3) is 0.364. The van der Waals surface area contributed by atoms with E-state index in [1.807, 2.05) is 24.3 Å². The minimum atomic E-state index is -0.741. The van der Waals surface area contributed by atoms with Crippen LogP contribution in [-0.2, 0) is 0 Å². The molecule has 0 heterocycles. The van der Waals surface area contributed by atoms with Gasteiger partial charge < -0.3 is 15.8 Å². The first-order valence-electron chi connectivity index (χ1n) is 4.59. The van der Waals surface area contributed by atoms with E-state index in [-0.39, 0.29) is 0 Å². The van der Waals surface area contributed by atoms with Crippen molar-refractivity contribution in [3.05, 3.63) is 29.8 Å². The first-order valence-corrected chi connectivity index (χ1v) is 4.59. The van der Waals surface area contributed by atoms with Crippen LogP contribution in [0.4, 0.5) is 5.69 Å². The third kappa shape index (κ3) is 3.18. The molecule has 0 bridgehead atoms. The van der Waals surface area contributed by atoms with Gasteiger partial charge in [-0.15, -0.1) is 0 Å². The maximum absolute atomic E-state index is 9.52. The molecule has 3 nitrogen and oxygen atoms in total. The first kappa shape index (κ1) is 10.7. The molecular formula is C11H16N2O. The molecule has 0 unspecified atom stereocenters. The van der Waals surface area contributed by atoms with Crippen molar-refractivity contribution in [3.63, 3.8) is 0 Å². The van der Waals surface area contributed by atoms with E-state index in [1.165, 1.54) is 6.21 Å². The summed E-state index contributed by atoms with van der Waals surface area (Å²) in [7, 11) is 0. The maximum atomic E-state index is 9.52. The summed E-state index contributed by atoms with van der Waals surface area (Å²) >= 11 is 0. The minimum Gasteiger partial charge on any atom is -0.389 e. The summed E-state index contributed by atoms with van der Waals surface area (Å²) < 4.78 is 0. The first-order chi connectivity index (χ1) is 6.53. The van der Waals surface area contributed by atoms with Crippen LogP contribution >= 0.6 is 0 Å². The smallest absolute Gasteiger partial charge is 0.0763 e. The number of hydrogen-bond donors (Lipinski definition) is 3. The van der Waals surface area contributed by atoms with Crippen LogP contribution in [0.5, 0.6) is 0 Å². The standard InChI is InChI=1S/C11H16N2O/c1-11(2,14)8-13-10-6-4-3-5-9(10)7-12/h3-7,12-14H,8H2,1-2H3. The highest BCUT2D eigenvalue weighted by Crippen LogP contribution is 2.13. The van der Waals surface area contributed by atoms with Gasteiger partial charge >= 0.3 is 0 Å². The van der Waals surface area contributed by atoms with Gasteiger partial charge in [0.2, 0.25) is 0 Å². The van der Waals surface area contributed by atoms with Crippen molar-refractivity contribution in [2.75, 3.05) is 11.9 Å². The Morgan fingerprint density at radius 3 is 2.64 bits per heavy atom. The molecule has 0 saturated heterocycles. The number of aliphatic hydroxyl groups is 1. The van der Waals surface area contributed by atoms with Crippen LogP contribution in [0.15, 0.2) is 24.3 Å². The second-order valence-electron chi connectivity index (χ2n) is 3.90. The highest BCUT2D eigenvalue weighted by atomic mass is 16.3. The highest BCUT2D eigenvalue weighted by Gasteiger charge is 2.11. The van der Waals surface area contributed by atoms with Crippen LogP contribution in [0.25, 0.3) is 0 Å². The molecule has 0 aliphatic rings. The van der Waals surface area contributed by atoms with E-state index in [0.29, 0.717) is 6.54 Å². The molecule has 0 saturated carbocycles. The molecule has 1 rings (SSSR count). The van der Waals surface area contributed by atoms with Crippen LogP contribution in [0.3, 0.4) is 0 Å². The van der Waals surface area contributed by atoms with Crippen molar-refractivity contribution in [3.8, 4) is 0 Å². The van der Waals surface area contributed by atoms with Crippen LogP contribution in [0.2, 0.25) is 0 Å². The summed E-state index contributed by atoms with van der Waals surface area (Å²) in [5.74, 6) is 0. The number of rotatable bonds is 4. The van der Waals surface area contributed by atoms with E-state index in [1.54, 1.807) is 13.8 Å². The lowest BCUT2D eigenvalue weighted by Crippen LogP contribution is -2.29. The van der Waals surface area contributed by atoms with Gasteiger partial charge in [-0.25, -0.2) is 0 Å². The largest absolute Gasteiger partial charge is 0.389 e. The van der Waals surface area contributed by atoms with E-state index in [0.717, 1.165) is 11.3 Å². The topological polar surface area (TPSA) is 56.1 Å². The Morgan fingerprint density at radius 2 is 2.07 bits per heavy atom. The van der Waals surface area contributed by atoms with Crippen molar-refractivity contribution in [1.82, 2.24) is 0 Å². The van der Waals surface area contributed by atoms with Gasteiger partial charge in [0.25, 0.3) is 0 Å². The third-order valence-corrected chi connectivity index (χ3v) is 1.83. The normalized spacial score (nSPS) is 11.1. The molecule has 0 aromatic heterocycles. The molecule has 0 spiro atoms. The fourth-order valence-corrected chi connectivity index (χ4v) is 1.10. The van der Waals surface area contributed by atoms with Gasteiger partial charge in [-0.3, -0.25) is 0 Å². The number of nitrogens with one attached hydrogen (secondary N) is 2. The van der Waals surface area contributed by atoms with Gasteiger partial charge in [0.1, 0.15) is 0 Å². The van der Waals surface area contributed by atoms with Gasteiger partial charge in [-0.1, -0.05) is 18.2 Å². The average Bonchev–Trinajstić information content (AvgIpc) is 2.14. The molecular weight excluding hydrogens is 176 g/mol. The number of benzene rings is 1. The Labute approximate surface area is 84.3 Å². The fourth-order valence-electron chi connectivity index (χ4n) is 1.10. The monoisotopic (exact) mass is 192 g/mol. The molecule has 3 N–H and O–H groups in total. The summed E-state index contributed by atoms with van der Waals surface area (Å²) in [6.07, 6.45) is 1.30. The van der Waals surface area contributed by atoms with Crippen LogP contribution in [-0.4, -0.2) is 23.5 Å². The molecule has 1 aromatic rings. The van der Waals surface area contributed by atoms with Gasteiger partial charge in [0, 0.05) is 24.0 Å². The zero-order valence-electron chi connectivity index (χ0n) is 8.54. The third-order valence-electron chi connectivity index (χ3n) is 1.83. The quantitative estimate of drug-likeness (QED) is 0.638. The Bertz CT molecular complexity index is 315. The zero-order valence-corrected chi connectivity index (χ0v) is 8.54. The lowest BCUT2D eigenvalue weighted by Gasteiger charge is -2.19. The second-order valence-corrected chi connectivity index (χ2v) is 3.90. The van der Waals surface area contributed by atoms with Crippen LogP contribution < -0.4 is 5.32 Å². The molecule has 0 amide bonds. The predicted molar refractivity (Wildman–Crippen MR) is 59.1 cm³/mol. The molecule has 76 valence electrons. The predicted octanol–water partition coefficient (Wildman–Crippen LogP) is 1.87. The Morgan fingerprint density at radius 1 is 1.43 bits per heavy atom. The summed E-state index contributed by atoms with van der Waals surface area (Å²) in [5.41, 5.74) is 0.969. The Balaban J connectivity index is 2.71. The summed E-state index contributed by atoms with van der Waals surface area (Å²) in [6, 6.07) is 7.54.